The SMILES string of the molecule is N#Cc1c(-n2c3ccc(-c4nc(-c5ccccc5)nc(-c5ccccc5)n4)cc3c3cc(-c4nc(-c5ccccc5)nc(-c5ccccc5)n4)ccc32)cc(-c2ccncc2)cc1-n1c2ccc(-c3nc(-c4ccccc4)nc(-c4ccccc4)n3)cc2c2cc(-c3nc(-c4ccccc4)nc(-c4ccccc4)n3)ccc21. The van der Waals surface area contributed by atoms with Crippen molar-refractivity contribution in [1.29, 1.82) is 5.26 Å². The zero-order valence-corrected chi connectivity index (χ0v) is 59.6. The van der Waals surface area contributed by atoms with E-state index in [1.165, 1.54) is 0 Å². The van der Waals surface area contributed by atoms with Crippen molar-refractivity contribution in [2.45, 2.75) is 0 Å². The summed E-state index contributed by atoms with van der Waals surface area (Å²) in [6.07, 6.45) is 3.59. The van der Waals surface area contributed by atoms with Gasteiger partial charge in [0.2, 0.25) is 0 Å². The highest BCUT2D eigenvalue weighted by atomic mass is 15.1. The van der Waals surface area contributed by atoms with E-state index in [0.29, 0.717) is 86.8 Å². The monoisotopic (exact) mass is 1430 g/mol. The molecule has 0 aliphatic rings. The van der Waals surface area contributed by atoms with Gasteiger partial charge in [-0.25, -0.2) is 59.8 Å². The lowest BCUT2D eigenvalue weighted by atomic mass is 10.0. The van der Waals surface area contributed by atoms with Gasteiger partial charge in [-0.05, 0) is 108 Å². The molecule has 0 spiro atoms. The summed E-state index contributed by atoms with van der Waals surface area (Å²) in [6, 6.07) is 116. The van der Waals surface area contributed by atoms with Gasteiger partial charge in [-0.1, -0.05) is 243 Å². The highest BCUT2D eigenvalue weighted by Gasteiger charge is 2.27. The highest BCUT2D eigenvalue weighted by molar-refractivity contribution is 6.14. The number of nitrogens with zero attached hydrogens (tertiary/aromatic N) is 16. The van der Waals surface area contributed by atoms with Gasteiger partial charge in [-0.2, -0.15) is 5.26 Å². The van der Waals surface area contributed by atoms with Crippen LogP contribution in [0.2, 0.25) is 0 Å². The molecule has 20 aromatic rings. The van der Waals surface area contributed by atoms with E-state index >= 15 is 0 Å². The molecule has 0 unspecified atom stereocenters. The second kappa shape index (κ2) is 28.1. The van der Waals surface area contributed by atoms with Crippen LogP contribution in [0.1, 0.15) is 5.56 Å². The first-order chi connectivity index (χ1) is 55.4. The van der Waals surface area contributed by atoms with Gasteiger partial charge < -0.3 is 9.13 Å². The van der Waals surface area contributed by atoms with Crippen molar-refractivity contribution in [3.8, 4) is 165 Å². The first-order valence-electron chi connectivity index (χ1n) is 36.6. The fourth-order valence-corrected chi connectivity index (χ4v) is 14.7. The molecule has 112 heavy (non-hydrogen) atoms. The molecule has 0 radical (unpaired) electrons. The van der Waals surface area contributed by atoms with E-state index in [0.717, 1.165) is 122 Å². The summed E-state index contributed by atoms with van der Waals surface area (Å²) in [5.74, 6) is 6.18. The molecule has 0 fully saturated rings. The molecule has 0 saturated heterocycles. The molecule has 522 valence electrons. The van der Waals surface area contributed by atoms with Crippen LogP contribution in [-0.4, -0.2) is 73.9 Å². The Labute approximate surface area is 641 Å². The zero-order valence-electron chi connectivity index (χ0n) is 59.6. The van der Waals surface area contributed by atoms with Crippen LogP contribution in [0.15, 0.2) is 352 Å². The number of hydrogen-bond acceptors (Lipinski definition) is 14. The summed E-state index contributed by atoms with van der Waals surface area (Å²) in [5, 5.41) is 15.9. The number of pyridine rings is 1. The Kier molecular flexibility index (Phi) is 16.5. The van der Waals surface area contributed by atoms with Crippen LogP contribution in [0.3, 0.4) is 0 Å². The third-order valence-electron chi connectivity index (χ3n) is 20.1. The van der Waals surface area contributed by atoms with Gasteiger partial charge in [0.15, 0.2) is 69.9 Å². The van der Waals surface area contributed by atoms with Crippen molar-refractivity contribution in [2.24, 2.45) is 0 Å². The highest BCUT2D eigenvalue weighted by Crippen LogP contribution is 2.44. The van der Waals surface area contributed by atoms with E-state index in [4.69, 9.17) is 59.8 Å². The molecule has 0 bridgehead atoms. The van der Waals surface area contributed by atoms with E-state index < -0.39 is 0 Å². The maximum Gasteiger partial charge on any atom is 0.164 e. The quantitative estimate of drug-likeness (QED) is 0.0938. The van der Waals surface area contributed by atoms with Gasteiger partial charge in [-0.3, -0.25) is 4.98 Å². The summed E-state index contributed by atoms with van der Waals surface area (Å²) in [7, 11) is 0. The molecule has 0 aliphatic carbocycles. The molecule has 0 amide bonds. The van der Waals surface area contributed by atoms with Gasteiger partial charge in [0.25, 0.3) is 0 Å². The minimum absolute atomic E-state index is 0.390. The molecule has 0 N–H and O–H groups in total. The predicted molar refractivity (Wildman–Crippen MR) is 442 cm³/mol. The van der Waals surface area contributed by atoms with Gasteiger partial charge in [-0.15, -0.1) is 0 Å². The van der Waals surface area contributed by atoms with Crippen molar-refractivity contribution in [3.05, 3.63) is 358 Å². The van der Waals surface area contributed by atoms with Gasteiger partial charge >= 0.3 is 0 Å². The summed E-state index contributed by atoms with van der Waals surface area (Å²) >= 11 is 0. The van der Waals surface area contributed by atoms with E-state index in [2.05, 4.69) is 105 Å². The summed E-state index contributed by atoms with van der Waals surface area (Å²) in [4.78, 5) is 66.7. The molecule has 13 aromatic carbocycles. The number of aromatic nitrogens is 15. The minimum atomic E-state index is 0.390. The van der Waals surface area contributed by atoms with Crippen LogP contribution >= 0.6 is 0 Å². The molecule has 16 heteroatoms. The van der Waals surface area contributed by atoms with Crippen molar-refractivity contribution in [2.75, 3.05) is 0 Å². The number of benzene rings is 13. The molecule has 7 heterocycles. The standard InChI is InChI=1S/C96H58N16/c97-59-78-83(111-79-45-41-69(93-103-85(61-25-9-1-10-26-61)99-86(104-93)62-27-11-2-12-28-62)53-74(79)75-54-70(42-46-80(75)111)94-105-87(63-29-13-3-14-30-63)100-88(106-94)64-31-15-4-16-32-64)57-73(60-49-51-98-52-50-60)58-84(78)112-81-47-43-71(95-107-89(65-33-17-5-18-34-65)101-90(108-95)66-35-19-6-20-36-66)55-76(81)77-56-72(44-48-82(77)112)96-109-91(67-37-21-7-22-38-67)102-92(110-96)68-39-23-8-24-40-68/h1-58H. The number of hydrogen-bond donors (Lipinski definition) is 0. The Bertz CT molecular complexity index is 6040. The minimum Gasteiger partial charge on any atom is -0.308 e. The molecular weight excluding hydrogens is 1380 g/mol. The van der Waals surface area contributed by atoms with Crippen LogP contribution in [0.5, 0.6) is 0 Å². The van der Waals surface area contributed by atoms with Gasteiger partial charge in [0.05, 0.1) is 33.4 Å². The van der Waals surface area contributed by atoms with E-state index in [1.54, 1.807) is 12.4 Å². The second-order valence-corrected chi connectivity index (χ2v) is 27.0. The largest absolute Gasteiger partial charge is 0.308 e. The third-order valence-corrected chi connectivity index (χ3v) is 20.1. The van der Waals surface area contributed by atoms with Gasteiger partial charge in [0.1, 0.15) is 11.6 Å². The summed E-state index contributed by atoms with van der Waals surface area (Å²) < 4.78 is 4.41. The Morgan fingerprint density at radius 3 is 0.580 bits per heavy atom. The first kappa shape index (κ1) is 65.6. The fraction of sp³-hybridized carbons (Fsp3) is 0. The van der Waals surface area contributed by atoms with Crippen molar-refractivity contribution in [3.63, 3.8) is 0 Å². The second-order valence-electron chi connectivity index (χ2n) is 27.0. The first-order valence-corrected chi connectivity index (χ1v) is 36.6. The van der Waals surface area contributed by atoms with E-state index in [9.17, 15) is 5.26 Å². The maximum absolute atomic E-state index is 12.5. The van der Waals surface area contributed by atoms with Crippen LogP contribution in [0, 0.1) is 11.3 Å². The molecular formula is C96H58N16. The number of nitriles is 1. The lowest BCUT2D eigenvalue weighted by Gasteiger charge is -2.18. The molecule has 7 aromatic heterocycles. The lowest BCUT2D eigenvalue weighted by Crippen LogP contribution is -2.05. The Hall–Kier alpha value is -15.9. The third kappa shape index (κ3) is 12.3. The van der Waals surface area contributed by atoms with E-state index in [1.807, 2.05) is 255 Å². The van der Waals surface area contributed by atoms with Crippen LogP contribution in [0.25, 0.3) is 203 Å². The predicted octanol–water partition coefficient (Wildman–Crippen LogP) is 21.6. The Balaban J connectivity index is 0.848. The smallest absolute Gasteiger partial charge is 0.164 e. The topological polar surface area (TPSA) is 201 Å². The van der Waals surface area contributed by atoms with E-state index in [-0.39, 0.29) is 0 Å². The average molecular weight is 1440 g/mol. The molecule has 0 atom stereocenters. The van der Waals surface area contributed by atoms with Crippen molar-refractivity contribution < 1.29 is 0 Å². The van der Waals surface area contributed by atoms with Crippen LogP contribution < -0.4 is 0 Å². The Morgan fingerprint density at radius 1 is 0.188 bits per heavy atom. The van der Waals surface area contributed by atoms with Crippen molar-refractivity contribution >= 4 is 43.6 Å². The van der Waals surface area contributed by atoms with Crippen LogP contribution in [-0.2, 0) is 0 Å². The lowest BCUT2D eigenvalue weighted by molar-refractivity contribution is 1.07. The zero-order chi connectivity index (χ0) is 74.4. The van der Waals surface area contributed by atoms with Gasteiger partial charge in [0, 0.05) is 101 Å². The molecule has 16 nitrogen and oxygen atoms in total. The molecule has 0 saturated carbocycles. The molecule has 0 aliphatic heterocycles. The average Bonchev–Trinajstić information content (AvgIpc) is 1.55. The number of fused-ring (bicyclic) bond motifs is 6. The number of rotatable bonds is 15. The normalized spacial score (nSPS) is 11.4. The summed E-state index contributed by atoms with van der Waals surface area (Å²) in [6.45, 7) is 0. The fourth-order valence-electron chi connectivity index (χ4n) is 14.7. The Morgan fingerprint density at radius 2 is 0.384 bits per heavy atom. The van der Waals surface area contributed by atoms with Crippen molar-refractivity contribution in [1.82, 2.24) is 73.9 Å². The molecule has 20 rings (SSSR count). The van der Waals surface area contributed by atoms with Crippen LogP contribution in [0.4, 0.5) is 0 Å². The maximum atomic E-state index is 12.5. The summed E-state index contributed by atoms with van der Waals surface area (Å²) in [5.41, 5.74) is 16.3.